The molecule has 4 heterocycles. The molecule has 244 valence electrons. The lowest BCUT2D eigenvalue weighted by Gasteiger charge is -2.41. The maximum Gasteiger partial charge on any atom is 0.319 e. The number of ether oxygens (including phenoxy) is 1. The van der Waals surface area contributed by atoms with Gasteiger partial charge in [-0.25, -0.2) is 17.6 Å². The molecule has 0 N–H and O–H groups in total. The Bertz CT molecular complexity index is 1910. The minimum atomic E-state index is -1.13. The van der Waals surface area contributed by atoms with Crippen molar-refractivity contribution in [3.8, 4) is 23.3 Å². The number of nitrogens with zero attached hydrogens (tertiary/aromatic N) is 7. The van der Waals surface area contributed by atoms with Crippen LogP contribution in [0.5, 0.6) is 6.01 Å². The fraction of sp³-hybridized carbons (Fsp3) is 0.364. The molecule has 2 aliphatic heterocycles. The fourth-order valence-corrected chi connectivity index (χ4v) is 6.70. The van der Waals surface area contributed by atoms with E-state index < -0.39 is 36.1 Å². The molecule has 0 spiro atoms. The summed E-state index contributed by atoms with van der Waals surface area (Å²) in [6, 6.07) is 8.89. The van der Waals surface area contributed by atoms with E-state index in [-0.39, 0.29) is 89.6 Å². The molecule has 47 heavy (non-hydrogen) atoms. The van der Waals surface area contributed by atoms with Crippen LogP contribution in [0.4, 0.5) is 23.4 Å². The van der Waals surface area contributed by atoms with Crippen LogP contribution in [0.1, 0.15) is 19.3 Å². The van der Waals surface area contributed by atoms with Gasteiger partial charge in [-0.1, -0.05) is 42.4 Å². The minimum Gasteiger partial charge on any atom is -0.462 e. The second-order valence-electron chi connectivity index (χ2n) is 11.5. The molecule has 0 bridgehead atoms. The topological polar surface area (TPSA) is 98.5 Å². The second kappa shape index (κ2) is 13.7. The number of pyridine rings is 1. The maximum atomic E-state index is 16.6. The van der Waals surface area contributed by atoms with E-state index in [9.17, 15) is 23.2 Å². The van der Waals surface area contributed by atoms with Gasteiger partial charge >= 0.3 is 6.01 Å². The third kappa shape index (κ3) is 6.27. The number of carbonyl (C=O) groups is 1. The molecule has 0 saturated carbocycles. The Morgan fingerprint density at radius 1 is 1.15 bits per heavy atom. The van der Waals surface area contributed by atoms with E-state index in [0.29, 0.717) is 5.39 Å². The average Bonchev–Trinajstić information content (AvgIpc) is 3.52. The first kappa shape index (κ1) is 32.4. The van der Waals surface area contributed by atoms with Crippen LogP contribution in [0.2, 0.25) is 5.02 Å². The van der Waals surface area contributed by atoms with Gasteiger partial charge < -0.3 is 14.5 Å². The van der Waals surface area contributed by atoms with E-state index >= 15 is 4.39 Å². The van der Waals surface area contributed by atoms with Gasteiger partial charge in [-0.05, 0) is 30.8 Å². The van der Waals surface area contributed by atoms with Crippen molar-refractivity contribution in [3.63, 3.8) is 0 Å². The lowest BCUT2D eigenvalue weighted by atomic mass is 10.0. The number of amides is 1. The zero-order valence-corrected chi connectivity index (χ0v) is 26.0. The van der Waals surface area contributed by atoms with Crippen molar-refractivity contribution < 1.29 is 27.1 Å². The Kier molecular flexibility index (Phi) is 9.42. The first-order valence-corrected chi connectivity index (χ1v) is 15.5. The summed E-state index contributed by atoms with van der Waals surface area (Å²) in [5, 5.41) is 10.4. The summed E-state index contributed by atoms with van der Waals surface area (Å²) < 4.78 is 64.1. The number of nitriles is 1. The van der Waals surface area contributed by atoms with Gasteiger partial charge in [-0.2, -0.15) is 15.2 Å². The smallest absolute Gasteiger partial charge is 0.319 e. The van der Waals surface area contributed by atoms with Crippen LogP contribution in [0, 0.1) is 23.0 Å². The molecule has 0 unspecified atom stereocenters. The molecule has 2 saturated heterocycles. The van der Waals surface area contributed by atoms with Crippen molar-refractivity contribution in [2.24, 2.45) is 0 Å². The molecule has 0 radical (unpaired) electrons. The number of piperazine rings is 1. The van der Waals surface area contributed by atoms with Crippen LogP contribution in [0.15, 0.2) is 48.9 Å². The van der Waals surface area contributed by atoms with Crippen LogP contribution in [-0.2, 0) is 4.79 Å². The third-order valence-electron chi connectivity index (χ3n) is 8.71. The van der Waals surface area contributed by atoms with Crippen LogP contribution in [0.25, 0.3) is 32.9 Å². The predicted octanol–water partition coefficient (Wildman–Crippen LogP) is 6.00. The molecule has 2 fully saturated rings. The van der Waals surface area contributed by atoms with Crippen LogP contribution >= 0.6 is 11.6 Å². The summed E-state index contributed by atoms with van der Waals surface area (Å²) in [7, 11) is 0. The Labute approximate surface area is 273 Å². The van der Waals surface area contributed by atoms with E-state index in [4.69, 9.17) is 16.3 Å². The first-order chi connectivity index (χ1) is 22.7. The van der Waals surface area contributed by atoms with Gasteiger partial charge in [-0.3, -0.25) is 14.7 Å². The SMILES string of the molecule is C=C(F)C(=O)N1CCN(c2nc(OC[C@@H]3CCCN3CCF)nc3c(F)c(-c4cccc5ccc(F)c(Cl)c45)ncc23)C[C@@H]1CC#N. The summed E-state index contributed by atoms with van der Waals surface area (Å²) in [5.74, 6) is -3.28. The molecule has 2 atom stereocenters. The molecule has 1 amide bonds. The van der Waals surface area contributed by atoms with E-state index in [1.807, 2.05) is 11.0 Å². The van der Waals surface area contributed by atoms with Crippen molar-refractivity contribution in [2.75, 3.05) is 50.9 Å². The van der Waals surface area contributed by atoms with Crippen LogP contribution in [-0.4, -0.2) is 88.7 Å². The van der Waals surface area contributed by atoms with E-state index in [1.165, 1.54) is 17.2 Å². The average molecular weight is 668 g/mol. The highest BCUT2D eigenvalue weighted by atomic mass is 35.5. The monoisotopic (exact) mass is 667 g/mol. The van der Waals surface area contributed by atoms with Crippen molar-refractivity contribution >= 4 is 45.0 Å². The number of aromatic nitrogens is 3. The van der Waals surface area contributed by atoms with Crippen molar-refractivity contribution in [1.82, 2.24) is 24.8 Å². The number of benzene rings is 2. The number of alkyl halides is 1. The number of anilines is 1. The number of halogens is 5. The normalized spacial score (nSPS) is 18.6. The summed E-state index contributed by atoms with van der Waals surface area (Å²) in [5.41, 5.74) is 0.0175. The fourth-order valence-electron chi connectivity index (χ4n) is 6.43. The molecule has 2 aromatic carbocycles. The van der Waals surface area contributed by atoms with E-state index in [1.54, 1.807) is 29.2 Å². The third-order valence-corrected chi connectivity index (χ3v) is 9.08. The Hall–Kier alpha value is -4.54. The molecule has 2 aromatic heterocycles. The Balaban J connectivity index is 1.45. The number of hydrogen-bond donors (Lipinski definition) is 0. The molecule has 14 heteroatoms. The minimum absolute atomic E-state index is 0.0458. The number of carbonyl (C=O) groups excluding carboxylic acids is 1. The Morgan fingerprint density at radius 3 is 2.74 bits per heavy atom. The largest absolute Gasteiger partial charge is 0.462 e. The summed E-state index contributed by atoms with van der Waals surface area (Å²) in [4.78, 5) is 31.0. The quantitative estimate of drug-likeness (QED) is 0.158. The lowest BCUT2D eigenvalue weighted by molar-refractivity contribution is -0.131. The molecular formula is C33H30ClF4N7O2. The molecule has 0 aliphatic carbocycles. The molecular weight excluding hydrogens is 638 g/mol. The van der Waals surface area contributed by atoms with Gasteiger partial charge in [-0.15, -0.1) is 0 Å². The highest BCUT2D eigenvalue weighted by Crippen LogP contribution is 2.38. The molecule has 4 aromatic rings. The van der Waals surface area contributed by atoms with Crippen molar-refractivity contribution in [1.29, 1.82) is 5.26 Å². The number of rotatable bonds is 9. The van der Waals surface area contributed by atoms with Gasteiger partial charge in [0.25, 0.3) is 5.91 Å². The highest BCUT2D eigenvalue weighted by molar-refractivity contribution is 6.36. The van der Waals surface area contributed by atoms with Crippen molar-refractivity contribution in [2.45, 2.75) is 31.3 Å². The first-order valence-electron chi connectivity index (χ1n) is 15.1. The second-order valence-corrected chi connectivity index (χ2v) is 11.9. The van der Waals surface area contributed by atoms with Gasteiger partial charge in [0, 0.05) is 49.4 Å². The van der Waals surface area contributed by atoms with Crippen LogP contribution in [0.3, 0.4) is 0 Å². The number of hydrogen-bond acceptors (Lipinski definition) is 8. The van der Waals surface area contributed by atoms with E-state index in [0.717, 1.165) is 19.4 Å². The summed E-state index contributed by atoms with van der Waals surface area (Å²) in [6.45, 7) is 4.03. The van der Waals surface area contributed by atoms with Gasteiger partial charge in [0.1, 0.15) is 36.1 Å². The standard InChI is InChI=1S/C33H30ClF4N7O2/c1-19(36)32(46)45-15-14-44(17-21(45)9-11-39)31-24-16-40-29(23-6-2-4-20-7-8-25(37)27(34)26(20)23)28(38)30(24)41-33(42-31)47-18-22-5-3-12-43(22)13-10-35/h2,4,6-8,16,21-22H,1,3,5,9-10,12-15,17-18H2/t21-,22-/m0/s1. The summed E-state index contributed by atoms with van der Waals surface area (Å²) >= 11 is 6.35. The maximum absolute atomic E-state index is 16.6. The van der Waals surface area contributed by atoms with Gasteiger partial charge in [0.15, 0.2) is 11.6 Å². The zero-order valence-electron chi connectivity index (χ0n) is 25.2. The molecule has 2 aliphatic rings. The zero-order chi connectivity index (χ0) is 33.2. The predicted molar refractivity (Wildman–Crippen MR) is 169 cm³/mol. The van der Waals surface area contributed by atoms with E-state index in [2.05, 4.69) is 21.5 Å². The van der Waals surface area contributed by atoms with Gasteiger partial charge in [0.2, 0.25) is 0 Å². The summed E-state index contributed by atoms with van der Waals surface area (Å²) in [6.07, 6.45) is 2.97. The van der Waals surface area contributed by atoms with Crippen molar-refractivity contribution in [3.05, 3.63) is 65.6 Å². The lowest BCUT2D eigenvalue weighted by Crippen LogP contribution is -2.55. The number of fused-ring (bicyclic) bond motifs is 2. The molecule has 6 rings (SSSR count). The molecule has 9 nitrogen and oxygen atoms in total. The number of likely N-dealkylation sites (tertiary alicyclic amines) is 1. The Morgan fingerprint density at radius 2 is 1.98 bits per heavy atom. The van der Waals surface area contributed by atoms with Crippen LogP contribution < -0.4 is 9.64 Å². The van der Waals surface area contributed by atoms with Gasteiger partial charge in [0.05, 0.1) is 28.9 Å². The highest BCUT2D eigenvalue weighted by Gasteiger charge is 2.34.